The Labute approximate surface area is 233 Å². The molecule has 2 bridgehead atoms. The van der Waals surface area contributed by atoms with Crippen LogP contribution in [-0.4, -0.2) is 82.9 Å². The molecule has 4 aromatic rings. The quantitative estimate of drug-likeness (QED) is 0.400. The molecule has 10 nitrogen and oxygen atoms in total. The first-order valence-electron chi connectivity index (χ1n) is 14.0. The van der Waals surface area contributed by atoms with Crippen LogP contribution in [0.15, 0.2) is 55.1 Å². The van der Waals surface area contributed by atoms with E-state index in [9.17, 15) is 5.26 Å². The van der Waals surface area contributed by atoms with Gasteiger partial charge in [0, 0.05) is 80.9 Å². The minimum atomic E-state index is 0.520. The van der Waals surface area contributed by atoms with Crippen LogP contribution in [0.3, 0.4) is 0 Å². The van der Waals surface area contributed by atoms with Crippen molar-refractivity contribution in [3.05, 3.63) is 66.2 Å². The van der Waals surface area contributed by atoms with Crippen LogP contribution in [0.2, 0.25) is 0 Å². The molecular formula is C30H33N9O. The van der Waals surface area contributed by atoms with Crippen molar-refractivity contribution < 1.29 is 4.74 Å². The highest BCUT2D eigenvalue weighted by molar-refractivity contribution is 5.86. The van der Waals surface area contributed by atoms with E-state index in [1.807, 2.05) is 29.2 Å². The monoisotopic (exact) mass is 535 g/mol. The number of hydrogen-bond acceptors (Lipinski definition) is 9. The molecule has 10 heteroatoms. The predicted octanol–water partition coefficient (Wildman–Crippen LogP) is 2.93. The molecule has 4 fully saturated rings. The zero-order valence-electron chi connectivity index (χ0n) is 22.7. The normalized spacial score (nSPS) is 21.1. The predicted molar refractivity (Wildman–Crippen MR) is 154 cm³/mol. The lowest BCUT2D eigenvalue weighted by Crippen LogP contribution is -2.68. The van der Waals surface area contributed by atoms with Gasteiger partial charge in [0.2, 0.25) is 5.88 Å². The second kappa shape index (κ2) is 10.4. The molecule has 0 aromatic carbocycles. The zero-order valence-corrected chi connectivity index (χ0v) is 22.7. The van der Waals surface area contributed by atoms with Crippen molar-refractivity contribution in [2.75, 3.05) is 56.2 Å². The number of ether oxygens (including phenoxy) is 1. The number of nitrogens with one attached hydrogen (secondary N) is 1. The molecule has 0 amide bonds. The van der Waals surface area contributed by atoms with Gasteiger partial charge in [-0.15, -0.1) is 0 Å². The van der Waals surface area contributed by atoms with Gasteiger partial charge in [-0.3, -0.25) is 4.90 Å². The molecule has 2 atom stereocenters. The first kappa shape index (κ1) is 24.8. The van der Waals surface area contributed by atoms with Crippen LogP contribution in [-0.2, 0) is 6.54 Å². The molecule has 2 unspecified atom stereocenters. The number of nitriles is 1. The fourth-order valence-electron chi connectivity index (χ4n) is 6.39. The van der Waals surface area contributed by atoms with Crippen LogP contribution in [0, 0.1) is 11.3 Å². The minimum absolute atomic E-state index is 0.520. The lowest BCUT2D eigenvalue weighted by atomic mass is 9.87. The number of fused-ring (bicyclic) bond motifs is 3. The molecule has 0 spiro atoms. The maximum Gasteiger partial charge on any atom is 0.212 e. The number of anilines is 2. The van der Waals surface area contributed by atoms with Crippen molar-refractivity contribution in [3.8, 4) is 23.1 Å². The highest BCUT2D eigenvalue weighted by Gasteiger charge is 2.44. The Morgan fingerprint density at radius 1 is 1.02 bits per heavy atom. The van der Waals surface area contributed by atoms with Crippen LogP contribution >= 0.6 is 0 Å². The SMILES string of the molecule is COc1ccc(CN2C3CC2CN(c2ccc(-c4cc(N5CCCNCC5)cn5ncc(C#N)c45)cn2)C3)cn1. The van der Waals surface area contributed by atoms with Gasteiger partial charge in [0.1, 0.15) is 11.9 Å². The van der Waals surface area contributed by atoms with Crippen molar-refractivity contribution in [1.82, 2.24) is 29.8 Å². The Morgan fingerprint density at radius 3 is 2.67 bits per heavy atom. The van der Waals surface area contributed by atoms with Gasteiger partial charge in [0.25, 0.3) is 0 Å². The summed E-state index contributed by atoms with van der Waals surface area (Å²) in [6, 6.07) is 13.9. The Kier molecular flexibility index (Phi) is 6.46. The van der Waals surface area contributed by atoms with E-state index in [2.05, 4.69) is 60.4 Å². The summed E-state index contributed by atoms with van der Waals surface area (Å²) >= 11 is 0. The number of hydrogen-bond donors (Lipinski definition) is 1. The molecule has 204 valence electrons. The van der Waals surface area contributed by atoms with E-state index in [0.29, 0.717) is 23.5 Å². The second-order valence-corrected chi connectivity index (χ2v) is 10.9. The second-order valence-electron chi connectivity index (χ2n) is 10.9. The van der Waals surface area contributed by atoms with Crippen LogP contribution in [0.4, 0.5) is 11.5 Å². The summed E-state index contributed by atoms with van der Waals surface area (Å²) in [5, 5.41) is 17.8. The third-order valence-corrected chi connectivity index (χ3v) is 8.52. The summed E-state index contributed by atoms with van der Waals surface area (Å²) in [7, 11) is 1.64. The van der Waals surface area contributed by atoms with Crippen molar-refractivity contribution in [3.63, 3.8) is 0 Å². The molecule has 4 aliphatic rings. The first-order valence-corrected chi connectivity index (χ1v) is 14.0. The van der Waals surface area contributed by atoms with Crippen molar-refractivity contribution in [2.24, 2.45) is 0 Å². The number of methoxy groups -OCH3 is 1. The van der Waals surface area contributed by atoms with Crippen LogP contribution in [0.25, 0.3) is 16.6 Å². The summed E-state index contributed by atoms with van der Waals surface area (Å²) in [4.78, 5) is 16.7. The molecule has 40 heavy (non-hydrogen) atoms. The summed E-state index contributed by atoms with van der Waals surface area (Å²) in [6.45, 7) is 6.78. The molecule has 4 aliphatic heterocycles. The highest BCUT2D eigenvalue weighted by atomic mass is 16.5. The molecule has 0 radical (unpaired) electrons. The minimum Gasteiger partial charge on any atom is -0.481 e. The van der Waals surface area contributed by atoms with Gasteiger partial charge in [0.05, 0.1) is 36.3 Å². The summed E-state index contributed by atoms with van der Waals surface area (Å²) in [5.41, 5.74) is 5.72. The summed E-state index contributed by atoms with van der Waals surface area (Å²) in [5.74, 6) is 1.65. The van der Waals surface area contributed by atoms with Gasteiger partial charge < -0.3 is 19.9 Å². The molecule has 4 aromatic heterocycles. The van der Waals surface area contributed by atoms with E-state index in [-0.39, 0.29) is 0 Å². The van der Waals surface area contributed by atoms with Crippen LogP contribution in [0.5, 0.6) is 5.88 Å². The Morgan fingerprint density at radius 2 is 1.93 bits per heavy atom. The average Bonchev–Trinajstić information content (AvgIpc) is 3.23. The number of piperidine rings is 1. The van der Waals surface area contributed by atoms with Crippen molar-refractivity contribution in [2.45, 2.75) is 31.5 Å². The smallest absolute Gasteiger partial charge is 0.212 e. The van der Waals surface area contributed by atoms with Gasteiger partial charge in [0.15, 0.2) is 0 Å². The Balaban J connectivity index is 1.10. The molecule has 8 rings (SSSR count). The van der Waals surface area contributed by atoms with E-state index in [4.69, 9.17) is 9.72 Å². The van der Waals surface area contributed by atoms with E-state index in [1.165, 1.54) is 12.0 Å². The molecular weight excluding hydrogens is 502 g/mol. The molecule has 1 N–H and O–H groups in total. The third kappa shape index (κ3) is 4.51. The number of pyridine rings is 3. The van der Waals surface area contributed by atoms with E-state index in [0.717, 1.165) is 80.4 Å². The molecule has 8 heterocycles. The van der Waals surface area contributed by atoms with Gasteiger partial charge in [-0.05, 0) is 43.1 Å². The average molecular weight is 536 g/mol. The summed E-state index contributed by atoms with van der Waals surface area (Å²) in [6.07, 6.45) is 9.89. The Bertz CT molecular complexity index is 1520. The Hall–Kier alpha value is -4.20. The van der Waals surface area contributed by atoms with Gasteiger partial charge in [-0.2, -0.15) is 10.4 Å². The third-order valence-electron chi connectivity index (χ3n) is 8.52. The van der Waals surface area contributed by atoms with Crippen LogP contribution < -0.4 is 19.9 Å². The number of aromatic nitrogens is 4. The maximum atomic E-state index is 9.78. The van der Waals surface area contributed by atoms with E-state index >= 15 is 0 Å². The van der Waals surface area contributed by atoms with Gasteiger partial charge in [-0.25, -0.2) is 14.5 Å². The zero-order chi connectivity index (χ0) is 27.1. The van der Waals surface area contributed by atoms with Gasteiger partial charge in [-0.1, -0.05) is 6.07 Å². The molecule has 4 saturated heterocycles. The molecule has 0 aliphatic carbocycles. The van der Waals surface area contributed by atoms with Crippen LogP contribution in [0.1, 0.15) is 24.0 Å². The van der Waals surface area contributed by atoms with E-state index in [1.54, 1.807) is 13.3 Å². The lowest BCUT2D eigenvalue weighted by molar-refractivity contribution is -0.00876. The largest absolute Gasteiger partial charge is 0.481 e. The summed E-state index contributed by atoms with van der Waals surface area (Å²) < 4.78 is 7.04. The standard InChI is InChI=1S/C30H33N9O/c1-40-29-6-3-21(14-34-29)17-38-25-11-26(38)19-37(18-25)28-5-4-22(15-33-28)27-12-24(36-9-2-7-32-8-10-36)20-39-30(27)23(13-31)16-35-39/h3-6,12,14-16,20,25-26,32H,2,7-11,17-19H2,1H3. The lowest BCUT2D eigenvalue weighted by Gasteiger charge is -2.56. The fourth-order valence-corrected chi connectivity index (χ4v) is 6.39. The van der Waals surface area contributed by atoms with Crippen molar-refractivity contribution in [1.29, 1.82) is 5.26 Å². The highest BCUT2D eigenvalue weighted by Crippen LogP contribution is 2.36. The van der Waals surface area contributed by atoms with Crippen molar-refractivity contribution >= 4 is 17.0 Å². The van der Waals surface area contributed by atoms with E-state index < -0.39 is 0 Å². The fraction of sp³-hybridized carbons (Fsp3) is 0.400. The number of nitrogens with zero attached hydrogens (tertiary/aromatic N) is 8. The first-order chi connectivity index (χ1) is 19.7. The maximum absolute atomic E-state index is 9.78. The molecule has 0 saturated carbocycles. The van der Waals surface area contributed by atoms with Gasteiger partial charge >= 0.3 is 0 Å². The topological polar surface area (TPSA) is 97.8 Å². The number of piperazine rings is 1. The number of rotatable bonds is 6.